The van der Waals surface area contributed by atoms with Crippen molar-refractivity contribution in [3.63, 3.8) is 0 Å². The van der Waals surface area contributed by atoms with Gasteiger partial charge in [0.05, 0.1) is 0 Å². The molecular formula is C14H17FN2O. The van der Waals surface area contributed by atoms with E-state index in [-0.39, 0.29) is 11.7 Å². The highest BCUT2D eigenvalue weighted by Gasteiger charge is 2.32. The maximum Gasteiger partial charge on any atom is 0.254 e. The number of hydrogen-bond donors (Lipinski definition) is 0. The second kappa shape index (κ2) is 4.69. The maximum atomic E-state index is 12.9. The van der Waals surface area contributed by atoms with Crippen LogP contribution in [0.2, 0.25) is 0 Å². The Kier molecular flexibility index (Phi) is 3.04. The largest absolute Gasteiger partial charge is 0.334 e. The highest BCUT2D eigenvalue weighted by molar-refractivity contribution is 5.94. The summed E-state index contributed by atoms with van der Waals surface area (Å²) in [6.45, 7) is 3.94. The number of carbonyl (C=O) groups excluding carboxylic acids is 1. The molecule has 1 aromatic carbocycles. The fraction of sp³-hybridized carbons (Fsp3) is 0.500. The van der Waals surface area contributed by atoms with Crippen LogP contribution in [0.3, 0.4) is 0 Å². The quantitative estimate of drug-likeness (QED) is 0.756. The first-order chi connectivity index (χ1) is 8.74. The molecular weight excluding hydrogens is 231 g/mol. The highest BCUT2D eigenvalue weighted by atomic mass is 19.1. The van der Waals surface area contributed by atoms with Gasteiger partial charge in [-0.1, -0.05) is 0 Å². The molecule has 0 aliphatic carbocycles. The Hall–Kier alpha value is -1.42. The summed E-state index contributed by atoms with van der Waals surface area (Å²) in [5.74, 6) is -0.252. The molecule has 2 bridgehead atoms. The molecule has 1 aromatic rings. The number of benzene rings is 1. The molecule has 3 fully saturated rings. The topological polar surface area (TPSA) is 23.6 Å². The molecule has 0 spiro atoms. The van der Waals surface area contributed by atoms with Gasteiger partial charge in [0.1, 0.15) is 5.82 Å². The van der Waals surface area contributed by atoms with E-state index in [1.54, 1.807) is 12.1 Å². The minimum absolute atomic E-state index is 0.0451. The molecule has 3 aliphatic rings. The molecule has 3 nitrogen and oxygen atoms in total. The molecule has 18 heavy (non-hydrogen) atoms. The average molecular weight is 248 g/mol. The average Bonchev–Trinajstić information content (AvgIpc) is 2.72. The van der Waals surface area contributed by atoms with E-state index in [9.17, 15) is 9.18 Å². The van der Waals surface area contributed by atoms with Gasteiger partial charge in [0.15, 0.2) is 0 Å². The zero-order valence-corrected chi connectivity index (χ0v) is 10.3. The van der Waals surface area contributed by atoms with Crippen molar-refractivity contribution in [3.05, 3.63) is 35.6 Å². The monoisotopic (exact) mass is 248 g/mol. The van der Waals surface area contributed by atoms with Gasteiger partial charge in [-0.15, -0.1) is 0 Å². The molecule has 3 heterocycles. The van der Waals surface area contributed by atoms with Gasteiger partial charge in [-0.3, -0.25) is 4.79 Å². The summed E-state index contributed by atoms with van der Waals surface area (Å²) >= 11 is 0. The predicted octanol–water partition coefficient (Wildman–Crippen LogP) is 1.75. The molecule has 96 valence electrons. The third-order valence-corrected chi connectivity index (χ3v) is 4.01. The van der Waals surface area contributed by atoms with Gasteiger partial charge in [0, 0.05) is 37.8 Å². The molecule has 0 saturated carbocycles. The normalized spacial score (nSPS) is 27.1. The van der Waals surface area contributed by atoms with Crippen LogP contribution in [0.1, 0.15) is 23.2 Å². The Bertz CT molecular complexity index is 438. The van der Waals surface area contributed by atoms with Crippen LogP contribution < -0.4 is 0 Å². The summed E-state index contributed by atoms with van der Waals surface area (Å²) < 4.78 is 12.9. The standard InChI is InChI=1S/C14H17FN2O/c15-12-3-1-11(2-4-12)14(18)17-10-9-16-7-5-13(17)6-8-16/h1-4,13H,5-10H2. The number of fused-ring (bicyclic) bond motifs is 4. The second-order valence-corrected chi connectivity index (χ2v) is 5.08. The number of nitrogens with zero attached hydrogens (tertiary/aromatic N) is 2. The number of piperidine rings is 1. The van der Waals surface area contributed by atoms with Crippen molar-refractivity contribution >= 4 is 5.91 Å². The van der Waals surface area contributed by atoms with Crippen molar-refractivity contribution in [2.45, 2.75) is 18.9 Å². The number of carbonyl (C=O) groups is 1. The fourth-order valence-corrected chi connectivity index (χ4v) is 2.91. The van der Waals surface area contributed by atoms with Crippen LogP contribution in [0, 0.1) is 5.82 Å². The first kappa shape index (κ1) is 11.7. The summed E-state index contributed by atoms with van der Waals surface area (Å²) in [5.41, 5.74) is 0.594. The van der Waals surface area contributed by atoms with Crippen molar-refractivity contribution in [2.75, 3.05) is 26.2 Å². The third-order valence-electron chi connectivity index (χ3n) is 4.01. The van der Waals surface area contributed by atoms with Crippen molar-refractivity contribution < 1.29 is 9.18 Å². The maximum absolute atomic E-state index is 12.9. The smallest absolute Gasteiger partial charge is 0.254 e. The SMILES string of the molecule is O=C(c1ccc(F)cc1)N1CCN2CCC1CC2. The lowest BCUT2D eigenvalue weighted by atomic mass is 10.0. The molecule has 1 amide bonds. The van der Waals surface area contributed by atoms with Crippen LogP contribution in [0.4, 0.5) is 4.39 Å². The summed E-state index contributed by atoms with van der Waals surface area (Å²) in [4.78, 5) is 16.8. The number of hydrogen-bond acceptors (Lipinski definition) is 2. The van der Waals surface area contributed by atoms with E-state index in [4.69, 9.17) is 0 Å². The van der Waals surface area contributed by atoms with E-state index >= 15 is 0 Å². The summed E-state index contributed by atoms with van der Waals surface area (Å²) in [5, 5.41) is 0. The summed E-state index contributed by atoms with van der Waals surface area (Å²) in [6, 6.07) is 6.23. The first-order valence-corrected chi connectivity index (χ1v) is 6.53. The van der Waals surface area contributed by atoms with Gasteiger partial charge in [-0.2, -0.15) is 0 Å². The van der Waals surface area contributed by atoms with Gasteiger partial charge in [-0.25, -0.2) is 4.39 Å². The molecule has 3 saturated heterocycles. The molecule has 0 aromatic heterocycles. The Morgan fingerprint density at radius 1 is 1.06 bits per heavy atom. The van der Waals surface area contributed by atoms with Crippen molar-refractivity contribution in [3.8, 4) is 0 Å². The van der Waals surface area contributed by atoms with Gasteiger partial charge in [0.2, 0.25) is 0 Å². The van der Waals surface area contributed by atoms with Crippen LogP contribution in [0.15, 0.2) is 24.3 Å². The van der Waals surface area contributed by atoms with Gasteiger partial charge >= 0.3 is 0 Å². The lowest BCUT2D eigenvalue weighted by Crippen LogP contribution is -2.41. The van der Waals surface area contributed by atoms with E-state index in [1.165, 1.54) is 12.1 Å². The van der Waals surface area contributed by atoms with Crippen molar-refractivity contribution in [1.82, 2.24) is 9.80 Å². The molecule has 0 atom stereocenters. The third kappa shape index (κ3) is 2.12. The Balaban J connectivity index is 1.81. The van der Waals surface area contributed by atoms with E-state index in [0.29, 0.717) is 11.6 Å². The number of amides is 1. The molecule has 4 heteroatoms. The van der Waals surface area contributed by atoms with Crippen LogP contribution in [0.5, 0.6) is 0 Å². The second-order valence-electron chi connectivity index (χ2n) is 5.08. The van der Waals surface area contributed by atoms with E-state index < -0.39 is 0 Å². The van der Waals surface area contributed by atoms with Gasteiger partial charge in [0.25, 0.3) is 5.91 Å². The summed E-state index contributed by atoms with van der Waals surface area (Å²) in [6.07, 6.45) is 2.12. The van der Waals surface area contributed by atoms with E-state index in [2.05, 4.69) is 4.90 Å². The minimum Gasteiger partial charge on any atom is -0.334 e. The Morgan fingerprint density at radius 3 is 2.39 bits per heavy atom. The zero-order chi connectivity index (χ0) is 12.5. The molecule has 0 N–H and O–H groups in total. The van der Waals surface area contributed by atoms with Crippen molar-refractivity contribution in [1.29, 1.82) is 0 Å². The van der Waals surface area contributed by atoms with Crippen LogP contribution in [-0.2, 0) is 0 Å². The van der Waals surface area contributed by atoms with Gasteiger partial charge in [-0.05, 0) is 37.1 Å². The highest BCUT2D eigenvalue weighted by Crippen LogP contribution is 2.22. The Labute approximate surface area is 106 Å². The number of halogens is 1. The lowest BCUT2D eigenvalue weighted by molar-refractivity contribution is 0.0685. The fourth-order valence-electron chi connectivity index (χ4n) is 2.91. The molecule has 0 unspecified atom stereocenters. The first-order valence-electron chi connectivity index (χ1n) is 6.53. The van der Waals surface area contributed by atoms with Crippen LogP contribution in [0.25, 0.3) is 0 Å². The van der Waals surface area contributed by atoms with Crippen LogP contribution in [-0.4, -0.2) is 47.9 Å². The minimum atomic E-state index is -0.297. The van der Waals surface area contributed by atoms with E-state index in [0.717, 1.165) is 39.0 Å². The lowest BCUT2D eigenvalue weighted by Gasteiger charge is -2.31. The van der Waals surface area contributed by atoms with Gasteiger partial charge < -0.3 is 9.80 Å². The Morgan fingerprint density at radius 2 is 1.72 bits per heavy atom. The van der Waals surface area contributed by atoms with Crippen molar-refractivity contribution in [2.24, 2.45) is 0 Å². The summed E-state index contributed by atoms with van der Waals surface area (Å²) in [7, 11) is 0. The predicted molar refractivity (Wildman–Crippen MR) is 66.9 cm³/mol. The van der Waals surface area contributed by atoms with E-state index in [1.807, 2.05) is 4.90 Å². The zero-order valence-electron chi connectivity index (χ0n) is 10.3. The molecule has 4 rings (SSSR count). The molecule has 0 radical (unpaired) electrons. The van der Waals surface area contributed by atoms with Crippen LogP contribution >= 0.6 is 0 Å². The molecule has 3 aliphatic heterocycles. The number of rotatable bonds is 1.